The van der Waals surface area contributed by atoms with Crippen LogP contribution in [0.3, 0.4) is 0 Å². The molecule has 5 nitrogen and oxygen atoms in total. The van der Waals surface area contributed by atoms with Crippen molar-refractivity contribution in [2.24, 2.45) is 5.92 Å². The molecule has 1 aliphatic carbocycles. The fourth-order valence-corrected chi connectivity index (χ4v) is 3.18. The molecule has 0 radical (unpaired) electrons. The molecule has 21 heavy (non-hydrogen) atoms. The summed E-state index contributed by atoms with van der Waals surface area (Å²) in [6.07, 6.45) is 5.13. The highest BCUT2D eigenvalue weighted by atomic mass is 16.6. The van der Waals surface area contributed by atoms with Crippen LogP contribution in [-0.2, 0) is 6.54 Å². The van der Waals surface area contributed by atoms with Crippen molar-refractivity contribution in [1.29, 1.82) is 0 Å². The summed E-state index contributed by atoms with van der Waals surface area (Å²) in [7, 11) is 0. The number of hydrogen-bond donors (Lipinski definition) is 1. The van der Waals surface area contributed by atoms with Crippen molar-refractivity contribution in [3.05, 3.63) is 33.9 Å². The van der Waals surface area contributed by atoms with E-state index in [-0.39, 0.29) is 11.4 Å². The van der Waals surface area contributed by atoms with Gasteiger partial charge in [0.05, 0.1) is 4.92 Å². The van der Waals surface area contributed by atoms with Crippen LogP contribution in [0, 0.1) is 16.0 Å². The third-order valence-electron chi connectivity index (χ3n) is 4.12. The minimum atomic E-state index is -0.429. The van der Waals surface area contributed by atoms with E-state index in [1.54, 1.807) is 6.07 Å². The van der Waals surface area contributed by atoms with Gasteiger partial charge in [-0.25, -0.2) is 0 Å². The van der Waals surface area contributed by atoms with Gasteiger partial charge in [0.25, 0.3) is 5.69 Å². The summed E-state index contributed by atoms with van der Waals surface area (Å²) in [6, 6.07) is 5.74. The highest BCUT2D eigenvalue weighted by Crippen LogP contribution is 2.27. The van der Waals surface area contributed by atoms with Crippen LogP contribution >= 0.6 is 0 Å². The SMILES string of the molecule is CC(C)CN(Cc1ccc([N+](=O)[O-])c(N)c1)C1CCCC1. The van der Waals surface area contributed by atoms with Gasteiger partial charge in [0, 0.05) is 25.2 Å². The Balaban J connectivity index is 2.12. The van der Waals surface area contributed by atoms with E-state index in [1.807, 2.05) is 6.07 Å². The number of nitrogens with two attached hydrogens (primary N) is 1. The smallest absolute Gasteiger partial charge is 0.292 e. The minimum Gasteiger partial charge on any atom is -0.393 e. The van der Waals surface area contributed by atoms with Gasteiger partial charge in [0.15, 0.2) is 0 Å². The highest BCUT2D eigenvalue weighted by molar-refractivity contribution is 5.59. The van der Waals surface area contributed by atoms with Crippen molar-refractivity contribution in [1.82, 2.24) is 4.90 Å². The first-order chi connectivity index (χ1) is 9.97. The van der Waals surface area contributed by atoms with Crippen LogP contribution in [-0.4, -0.2) is 22.4 Å². The van der Waals surface area contributed by atoms with Gasteiger partial charge in [-0.2, -0.15) is 0 Å². The zero-order chi connectivity index (χ0) is 15.4. The molecule has 0 aromatic heterocycles. The maximum absolute atomic E-state index is 10.8. The Hall–Kier alpha value is -1.62. The van der Waals surface area contributed by atoms with Crippen molar-refractivity contribution in [3.8, 4) is 0 Å². The Labute approximate surface area is 126 Å². The van der Waals surface area contributed by atoms with Crippen molar-refractivity contribution in [2.75, 3.05) is 12.3 Å². The molecule has 0 atom stereocenters. The van der Waals surface area contributed by atoms with Crippen molar-refractivity contribution >= 4 is 11.4 Å². The fraction of sp³-hybridized carbons (Fsp3) is 0.625. The zero-order valence-electron chi connectivity index (χ0n) is 12.9. The number of nitrogens with zero attached hydrogens (tertiary/aromatic N) is 2. The van der Waals surface area contributed by atoms with Gasteiger partial charge in [-0.15, -0.1) is 0 Å². The molecule has 0 amide bonds. The predicted octanol–water partition coefficient (Wildman–Crippen LogP) is 3.58. The molecule has 116 valence electrons. The van der Waals surface area contributed by atoms with Crippen LogP contribution in [0.2, 0.25) is 0 Å². The molecule has 2 rings (SSSR count). The maximum atomic E-state index is 10.8. The van der Waals surface area contributed by atoms with Crippen LogP contribution < -0.4 is 5.73 Å². The molecular weight excluding hydrogens is 266 g/mol. The molecule has 5 heteroatoms. The second-order valence-corrected chi connectivity index (χ2v) is 6.41. The summed E-state index contributed by atoms with van der Waals surface area (Å²) in [6.45, 7) is 6.34. The molecule has 0 spiro atoms. The minimum absolute atomic E-state index is 0.00461. The lowest BCUT2D eigenvalue weighted by atomic mass is 10.1. The zero-order valence-corrected chi connectivity index (χ0v) is 12.9. The number of nitro groups is 1. The quantitative estimate of drug-likeness (QED) is 0.494. The third kappa shape index (κ3) is 4.17. The molecule has 0 unspecified atom stereocenters. The van der Waals surface area contributed by atoms with E-state index >= 15 is 0 Å². The fourth-order valence-electron chi connectivity index (χ4n) is 3.18. The van der Waals surface area contributed by atoms with E-state index < -0.39 is 4.92 Å². The Morgan fingerprint density at radius 3 is 2.57 bits per heavy atom. The van der Waals surface area contributed by atoms with Gasteiger partial charge in [0.1, 0.15) is 5.69 Å². The molecular formula is C16H25N3O2. The van der Waals surface area contributed by atoms with E-state index in [1.165, 1.54) is 31.7 Å². The Bertz CT molecular complexity index is 496. The van der Waals surface area contributed by atoms with Crippen molar-refractivity contribution < 1.29 is 4.92 Å². The number of nitrogen functional groups attached to an aromatic ring is 1. The molecule has 0 heterocycles. The third-order valence-corrected chi connectivity index (χ3v) is 4.12. The average Bonchev–Trinajstić information content (AvgIpc) is 2.90. The van der Waals surface area contributed by atoms with Gasteiger partial charge in [-0.05, 0) is 30.4 Å². The first-order valence-corrected chi connectivity index (χ1v) is 7.74. The Morgan fingerprint density at radius 2 is 2.05 bits per heavy atom. The summed E-state index contributed by atoms with van der Waals surface area (Å²) < 4.78 is 0. The monoisotopic (exact) mass is 291 g/mol. The molecule has 2 N–H and O–H groups in total. The van der Waals surface area contributed by atoms with Gasteiger partial charge in [-0.1, -0.05) is 32.8 Å². The summed E-state index contributed by atoms with van der Waals surface area (Å²) in [5.41, 5.74) is 7.11. The summed E-state index contributed by atoms with van der Waals surface area (Å²) in [4.78, 5) is 12.9. The van der Waals surface area contributed by atoms with Gasteiger partial charge in [0.2, 0.25) is 0 Å². The summed E-state index contributed by atoms with van der Waals surface area (Å²) >= 11 is 0. The predicted molar refractivity (Wildman–Crippen MR) is 85.0 cm³/mol. The van der Waals surface area contributed by atoms with Crippen LogP contribution in [0.15, 0.2) is 18.2 Å². The van der Waals surface area contributed by atoms with E-state index in [2.05, 4.69) is 18.7 Å². The number of rotatable bonds is 6. The molecule has 0 saturated heterocycles. The number of hydrogen-bond acceptors (Lipinski definition) is 4. The Morgan fingerprint density at radius 1 is 1.38 bits per heavy atom. The molecule has 0 aliphatic heterocycles. The summed E-state index contributed by atoms with van der Waals surface area (Å²) in [5.74, 6) is 0.612. The van der Waals surface area contributed by atoms with Crippen molar-refractivity contribution in [2.45, 2.75) is 52.1 Å². The lowest BCUT2D eigenvalue weighted by Gasteiger charge is -2.30. The second-order valence-electron chi connectivity index (χ2n) is 6.41. The van der Waals surface area contributed by atoms with Crippen LogP contribution in [0.5, 0.6) is 0 Å². The molecule has 1 aliphatic rings. The summed E-state index contributed by atoms with van der Waals surface area (Å²) in [5, 5.41) is 10.8. The van der Waals surface area contributed by atoms with Crippen molar-refractivity contribution in [3.63, 3.8) is 0 Å². The highest BCUT2D eigenvalue weighted by Gasteiger charge is 2.23. The largest absolute Gasteiger partial charge is 0.393 e. The van der Waals surface area contributed by atoms with E-state index in [9.17, 15) is 10.1 Å². The van der Waals surface area contributed by atoms with Crippen LogP contribution in [0.25, 0.3) is 0 Å². The van der Waals surface area contributed by atoms with Gasteiger partial charge < -0.3 is 5.73 Å². The number of benzene rings is 1. The van der Waals surface area contributed by atoms with E-state index in [0.29, 0.717) is 12.0 Å². The molecule has 1 aromatic carbocycles. The van der Waals surface area contributed by atoms with Crippen LogP contribution in [0.4, 0.5) is 11.4 Å². The molecule has 1 aromatic rings. The molecule has 0 bridgehead atoms. The van der Waals surface area contributed by atoms with Gasteiger partial charge in [-0.3, -0.25) is 15.0 Å². The normalized spacial score (nSPS) is 16.0. The first kappa shape index (κ1) is 15.8. The molecule has 1 fully saturated rings. The topological polar surface area (TPSA) is 72.4 Å². The lowest BCUT2D eigenvalue weighted by molar-refractivity contribution is -0.383. The Kier molecular flexibility index (Phi) is 5.17. The maximum Gasteiger partial charge on any atom is 0.292 e. The second kappa shape index (κ2) is 6.89. The lowest BCUT2D eigenvalue weighted by Crippen LogP contribution is -2.35. The van der Waals surface area contributed by atoms with Gasteiger partial charge >= 0.3 is 0 Å². The first-order valence-electron chi connectivity index (χ1n) is 7.74. The van der Waals surface area contributed by atoms with E-state index in [4.69, 9.17) is 5.73 Å². The molecule has 1 saturated carbocycles. The van der Waals surface area contributed by atoms with Crippen LogP contribution in [0.1, 0.15) is 45.1 Å². The average molecular weight is 291 g/mol. The number of nitro benzene ring substituents is 1. The standard InChI is InChI=1S/C16H25N3O2/c1-12(2)10-18(14-5-3-4-6-14)11-13-7-8-16(19(20)21)15(17)9-13/h7-9,12,14H,3-6,10-11,17H2,1-2H3. The van der Waals surface area contributed by atoms with E-state index in [0.717, 1.165) is 18.7 Å². The number of anilines is 1.